The number of benzene rings is 1. The SMILES string of the molecule is COCCCOc1cc(C(=O)N(C[C@@H]2CNC[C@H]2CN(C(=O)N(C(C)C)C(C)C)C2CC2)C(C)C)ccc1OC. The molecule has 1 aromatic rings. The highest BCUT2D eigenvalue weighted by atomic mass is 16.5. The van der Waals surface area contributed by atoms with Crippen LogP contribution in [0.2, 0.25) is 0 Å². The van der Waals surface area contributed by atoms with Crippen LogP contribution in [0.3, 0.4) is 0 Å². The summed E-state index contributed by atoms with van der Waals surface area (Å²) in [5.41, 5.74) is 0.582. The van der Waals surface area contributed by atoms with Crippen LogP contribution in [0.5, 0.6) is 11.5 Å². The molecular formula is C31H52N4O5. The average molecular weight is 561 g/mol. The molecule has 1 heterocycles. The number of urea groups is 1. The number of amides is 3. The minimum Gasteiger partial charge on any atom is -0.493 e. The first kappa shape index (κ1) is 32.0. The number of hydrogen-bond donors (Lipinski definition) is 1. The predicted octanol–water partition coefficient (Wildman–Crippen LogP) is 4.50. The summed E-state index contributed by atoms with van der Waals surface area (Å²) < 4.78 is 16.5. The van der Waals surface area contributed by atoms with Crippen molar-refractivity contribution in [3.8, 4) is 11.5 Å². The van der Waals surface area contributed by atoms with E-state index in [1.807, 2.05) is 15.9 Å². The molecule has 1 aliphatic carbocycles. The summed E-state index contributed by atoms with van der Waals surface area (Å²) >= 11 is 0. The lowest BCUT2D eigenvalue weighted by molar-refractivity contribution is 0.0644. The molecule has 3 rings (SSSR count). The number of nitrogens with zero attached hydrogens (tertiary/aromatic N) is 3. The lowest BCUT2D eigenvalue weighted by Crippen LogP contribution is -2.52. The highest BCUT2D eigenvalue weighted by molar-refractivity contribution is 5.95. The predicted molar refractivity (Wildman–Crippen MR) is 158 cm³/mol. The van der Waals surface area contributed by atoms with E-state index < -0.39 is 0 Å². The molecule has 0 spiro atoms. The monoisotopic (exact) mass is 560 g/mol. The fraction of sp³-hybridized carbons (Fsp3) is 0.742. The molecular weight excluding hydrogens is 508 g/mol. The molecule has 2 atom stereocenters. The zero-order chi connectivity index (χ0) is 29.4. The van der Waals surface area contributed by atoms with Gasteiger partial charge in [0.1, 0.15) is 0 Å². The number of carbonyl (C=O) groups is 2. The first-order valence-electron chi connectivity index (χ1n) is 15.0. The van der Waals surface area contributed by atoms with Crippen molar-refractivity contribution in [2.75, 3.05) is 53.6 Å². The van der Waals surface area contributed by atoms with Crippen LogP contribution in [0.1, 0.15) is 71.2 Å². The van der Waals surface area contributed by atoms with Gasteiger partial charge in [0, 0.05) is 76.0 Å². The number of carbonyl (C=O) groups excluding carboxylic acids is 2. The second kappa shape index (κ2) is 14.9. The van der Waals surface area contributed by atoms with Crippen molar-refractivity contribution < 1.29 is 23.8 Å². The van der Waals surface area contributed by atoms with Gasteiger partial charge in [-0.15, -0.1) is 0 Å². The number of hydrogen-bond acceptors (Lipinski definition) is 6. The van der Waals surface area contributed by atoms with Crippen LogP contribution < -0.4 is 14.8 Å². The quantitative estimate of drug-likeness (QED) is 0.318. The maximum Gasteiger partial charge on any atom is 0.320 e. The van der Waals surface area contributed by atoms with Gasteiger partial charge in [-0.25, -0.2) is 4.79 Å². The summed E-state index contributed by atoms with van der Waals surface area (Å²) in [7, 11) is 3.27. The Labute approximate surface area is 241 Å². The van der Waals surface area contributed by atoms with Gasteiger partial charge in [0.2, 0.25) is 0 Å². The number of ether oxygens (including phenoxy) is 3. The number of rotatable bonds is 15. The zero-order valence-electron chi connectivity index (χ0n) is 25.9. The molecule has 0 radical (unpaired) electrons. The Morgan fingerprint density at radius 3 is 2.10 bits per heavy atom. The highest BCUT2D eigenvalue weighted by Crippen LogP contribution is 2.33. The normalized spacial score (nSPS) is 18.9. The van der Waals surface area contributed by atoms with E-state index in [-0.39, 0.29) is 41.9 Å². The molecule has 1 saturated carbocycles. The van der Waals surface area contributed by atoms with Crippen molar-refractivity contribution >= 4 is 11.9 Å². The van der Waals surface area contributed by atoms with E-state index in [9.17, 15) is 9.59 Å². The lowest BCUT2D eigenvalue weighted by Gasteiger charge is -2.38. The summed E-state index contributed by atoms with van der Waals surface area (Å²) in [4.78, 5) is 33.5. The zero-order valence-corrected chi connectivity index (χ0v) is 25.9. The molecule has 3 amide bonds. The van der Waals surface area contributed by atoms with Crippen LogP contribution in [0.15, 0.2) is 18.2 Å². The second-order valence-electron chi connectivity index (χ2n) is 12.1. The van der Waals surface area contributed by atoms with Gasteiger partial charge in [0.05, 0.1) is 13.7 Å². The van der Waals surface area contributed by atoms with Gasteiger partial charge in [-0.3, -0.25) is 4.79 Å². The van der Waals surface area contributed by atoms with E-state index in [0.717, 1.165) is 38.9 Å². The molecule has 1 aromatic carbocycles. The summed E-state index contributed by atoms with van der Waals surface area (Å²) in [6, 6.07) is 6.20. The maximum atomic E-state index is 13.8. The van der Waals surface area contributed by atoms with Crippen molar-refractivity contribution in [3.05, 3.63) is 23.8 Å². The lowest BCUT2D eigenvalue weighted by atomic mass is 9.93. The van der Waals surface area contributed by atoms with E-state index in [1.54, 1.807) is 26.4 Å². The van der Waals surface area contributed by atoms with E-state index in [4.69, 9.17) is 14.2 Å². The summed E-state index contributed by atoms with van der Waals surface area (Å²) in [5.74, 6) is 1.69. The fourth-order valence-electron chi connectivity index (χ4n) is 5.68. The standard InChI is InChI=1S/C31H52N4O5/c1-21(2)33(30(36)24-10-13-28(39-8)29(16-24)40-15-9-14-38-7)19-25-17-32-18-26(25)20-34(27-11-12-27)31(37)35(22(3)4)23(5)6/h10,13,16,21-23,25-27,32H,9,11-12,14-15,17-20H2,1-8H3/t25-,26-/m0/s1. The molecule has 226 valence electrons. The van der Waals surface area contributed by atoms with Crippen molar-refractivity contribution in [2.45, 2.75) is 85.0 Å². The minimum atomic E-state index is -0.0223. The smallest absolute Gasteiger partial charge is 0.320 e. The molecule has 0 unspecified atom stereocenters. The van der Waals surface area contributed by atoms with Crippen LogP contribution in [-0.4, -0.2) is 104 Å². The molecule has 1 aliphatic heterocycles. The Morgan fingerprint density at radius 2 is 1.55 bits per heavy atom. The largest absolute Gasteiger partial charge is 0.493 e. The third kappa shape index (κ3) is 8.26. The molecule has 0 bridgehead atoms. The summed E-state index contributed by atoms with van der Waals surface area (Å²) in [5, 5.41) is 3.55. The van der Waals surface area contributed by atoms with E-state index in [1.165, 1.54) is 0 Å². The Kier molecular flexibility index (Phi) is 11.9. The summed E-state index contributed by atoms with van der Waals surface area (Å²) in [6.07, 6.45) is 2.90. The van der Waals surface area contributed by atoms with Crippen molar-refractivity contribution in [1.29, 1.82) is 0 Å². The average Bonchev–Trinajstić information content (AvgIpc) is 3.65. The third-order valence-corrected chi connectivity index (χ3v) is 7.95. The second-order valence-corrected chi connectivity index (χ2v) is 12.1. The van der Waals surface area contributed by atoms with Gasteiger partial charge in [-0.2, -0.15) is 0 Å². The molecule has 2 aliphatic rings. The summed E-state index contributed by atoms with van der Waals surface area (Å²) in [6.45, 7) is 16.6. The molecule has 9 heteroatoms. The molecule has 40 heavy (non-hydrogen) atoms. The van der Waals surface area contributed by atoms with E-state index in [0.29, 0.717) is 42.9 Å². The minimum absolute atomic E-state index is 0.0223. The Balaban J connectivity index is 1.73. The van der Waals surface area contributed by atoms with Gasteiger partial charge in [-0.1, -0.05) is 0 Å². The van der Waals surface area contributed by atoms with Gasteiger partial charge < -0.3 is 34.2 Å². The molecule has 1 saturated heterocycles. The Hall–Kier alpha value is -2.52. The van der Waals surface area contributed by atoms with Crippen molar-refractivity contribution in [3.63, 3.8) is 0 Å². The van der Waals surface area contributed by atoms with Crippen LogP contribution in [0, 0.1) is 11.8 Å². The Morgan fingerprint density at radius 1 is 0.900 bits per heavy atom. The van der Waals surface area contributed by atoms with Gasteiger partial charge in [0.15, 0.2) is 11.5 Å². The third-order valence-electron chi connectivity index (χ3n) is 7.95. The molecule has 2 fully saturated rings. The van der Waals surface area contributed by atoms with Crippen molar-refractivity contribution in [1.82, 2.24) is 20.0 Å². The van der Waals surface area contributed by atoms with Gasteiger partial charge >= 0.3 is 6.03 Å². The maximum absolute atomic E-state index is 13.8. The van der Waals surface area contributed by atoms with Gasteiger partial charge in [-0.05, 0) is 84.4 Å². The number of nitrogens with one attached hydrogen (secondary N) is 1. The van der Waals surface area contributed by atoms with Crippen LogP contribution >= 0.6 is 0 Å². The highest BCUT2D eigenvalue weighted by Gasteiger charge is 2.40. The van der Waals surface area contributed by atoms with Gasteiger partial charge in [0.25, 0.3) is 5.91 Å². The fourth-order valence-corrected chi connectivity index (χ4v) is 5.68. The Bertz CT molecular complexity index is 957. The molecule has 0 aromatic heterocycles. The first-order valence-corrected chi connectivity index (χ1v) is 15.0. The van der Waals surface area contributed by atoms with Crippen LogP contribution in [0.4, 0.5) is 4.79 Å². The van der Waals surface area contributed by atoms with E-state index >= 15 is 0 Å². The molecule has 9 nitrogen and oxygen atoms in total. The first-order chi connectivity index (χ1) is 19.1. The molecule has 1 N–H and O–H groups in total. The number of methoxy groups -OCH3 is 2. The topological polar surface area (TPSA) is 83.6 Å². The van der Waals surface area contributed by atoms with E-state index in [2.05, 4.69) is 51.8 Å². The van der Waals surface area contributed by atoms with Crippen LogP contribution in [0.25, 0.3) is 0 Å². The van der Waals surface area contributed by atoms with Crippen LogP contribution in [-0.2, 0) is 4.74 Å². The van der Waals surface area contributed by atoms with Crippen molar-refractivity contribution in [2.24, 2.45) is 11.8 Å².